The van der Waals surface area contributed by atoms with Crippen molar-refractivity contribution in [1.82, 2.24) is 10.3 Å². The fourth-order valence-electron chi connectivity index (χ4n) is 2.27. The molecule has 0 aliphatic carbocycles. The maximum atomic E-state index is 12.3. The molecule has 3 N–H and O–H groups in total. The summed E-state index contributed by atoms with van der Waals surface area (Å²) in [6.45, 7) is 5.99. The van der Waals surface area contributed by atoms with E-state index in [0.717, 1.165) is 11.4 Å². The van der Waals surface area contributed by atoms with Gasteiger partial charge < -0.3 is 20.7 Å². The highest BCUT2D eigenvalue weighted by Gasteiger charge is 2.30. The zero-order valence-electron chi connectivity index (χ0n) is 12.0. The van der Waals surface area contributed by atoms with Gasteiger partial charge in [-0.1, -0.05) is 0 Å². The highest BCUT2D eigenvalue weighted by atomic mass is 16.5. The second kappa shape index (κ2) is 6.67. The van der Waals surface area contributed by atoms with Gasteiger partial charge in [0.2, 0.25) is 5.91 Å². The molecule has 0 spiro atoms. The minimum Gasteiger partial charge on any atom is -0.377 e. The molecule has 6 nitrogen and oxygen atoms in total. The van der Waals surface area contributed by atoms with E-state index >= 15 is 0 Å². The van der Waals surface area contributed by atoms with E-state index in [1.54, 1.807) is 6.20 Å². The van der Waals surface area contributed by atoms with Crippen LogP contribution in [-0.2, 0) is 16.1 Å². The molecule has 1 aromatic rings. The number of nitrogens with zero attached hydrogens (tertiary/aromatic N) is 2. The second-order valence-electron chi connectivity index (χ2n) is 5.16. The molecule has 0 aromatic carbocycles. The van der Waals surface area contributed by atoms with Crippen LogP contribution in [0, 0.1) is 0 Å². The Balaban J connectivity index is 2.19. The fourth-order valence-corrected chi connectivity index (χ4v) is 2.27. The number of nitrogens with two attached hydrogens (primary N) is 1. The van der Waals surface area contributed by atoms with Crippen molar-refractivity contribution in [3.05, 3.63) is 24.0 Å². The molecule has 1 aliphatic heterocycles. The van der Waals surface area contributed by atoms with Crippen molar-refractivity contribution in [2.45, 2.75) is 32.5 Å². The third-order valence-electron chi connectivity index (χ3n) is 3.20. The van der Waals surface area contributed by atoms with Gasteiger partial charge in [0.05, 0.1) is 18.9 Å². The van der Waals surface area contributed by atoms with Crippen LogP contribution < -0.4 is 16.0 Å². The molecular weight excluding hydrogens is 256 g/mol. The van der Waals surface area contributed by atoms with Gasteiger partial charge in [-0.15, -0.1) is 0 Å². The number of carbonyl (C=O) groups excluding carboxylic acids is 1. The van der Waals surface area contributed by atoms with Gasteiger partial charge in [0, 0.05) is 31.0 Å². The number of nitrogens with one attached hydrogen (secondary N) is 1. The summed E-state index contributed by atoms with van der Waals surface area (Å²) in [7, 11) is 0. The van der Waals surface area contributed by atoms with Crippen LogP contribution in [-0.4, -0.2) is 42.7 Å². The highest BCUT2D eigenvalue weighted by molar-refractivity contribution is 5.85. The van der Waals surface area contributed by atoms with Crippen molar-refractivity contribution < 1.29 is 9.53 Å². The Kier molecular flexibility index (Phi) is 4.92. The SMILES string of the molecule is CC(C)NC(=O)C1COCCN1c1ccnc(CN)c1. The van der Waals surface area contributed by atoms with Crippen molar-refractivity contribution in [2.75, 3.05) is 24.7 Å². The lowest BCUT2D eigenvalue weighted by atomic mass is 10.1. The van der Waals surface area contributed by atoms with Crippen LogP contribution in [0.5, 0.6) is 0 Å². The number of morpholine rings is 1. The van der Waals surface area contributed by atoms with E-state index in [-0.39, 0.29) is 18.0 Å². The Bertz CT molecular complexity index is 464. The Morgan fingerprint density at radius 2 is 2.45 bits per heavy atom. The molecule has 0 saturated carbocycles. The van der Waals surface area contributed by atoms with Crippen molar-refractivity contribution in [1.29, 1.82) is 0 Å². The van der Waals surface area contributed by atoms with Gasteiger partial charge in [0.25, 0.3) is 0 Å². The predicted octanol–water partition coefficient (Wildman–Crippen LogP) is 0.270. The summed E-state index contributed by atoms with van der Waals surface area (Å²) in [4.78, 5) is 18.5. The molecule has 1 unspecified atom stereocenters. The van der Waals surface area contributed by atoms with E-state index in [4.69, 9.17) is 10.5 Å². The van der Waals surface area contributed by atoms with E-state index < -0.39 is 0 Å². The predicted molar refractivity (Wildman–Crippen MR) is 77.4 cm³/mol. The first kappa shape index (κ1) is 14.7. The maximum Gasteiger partial charge on any atom is 0.245 e. The molecule has 2 rings (SSSR count). The van der Waals surface area contributed by atoms with E-state index in [1.165, 1.54) is 0 Å². The second-order valence-corrected chi connectivity index (χ2v) is 5.16. The van der Waals surface area contributed by atoms with Crippen LogP contribution in [0.4, 0.5) is 5.69 Å². The molecule has 1 fully saturated rings. The first-order valence-corrected chi connectivity index (χ1v) is 6.91. The third kappa shape index (κ3) is 3.46. The van der Waals surface area contributed by atoms with Gasteiger partial charge in [-0.2, -0.15) is 0 Å². The molecule has 1 saturated heterocycles. The lowest BCUT2D eigenvalue weighted by Crippen LogP contribution is -2.55. The Morgan fingerprint density at radius 1 is 1.65 bits per heavy atom. The van der Waals surface area contributed by atoms with Crippen LogP contribution in [0.1, 0.15) is 19.5 Å². The quantitative estimate of drug-likeness (QED) is 0.826. The van der Waals surface area contributed by atoms with Crippen molar-refractivity contribution >= 4 is 11.6 Å². The number of amides is 1. The van der Waals surface area contributed by atoms with Gasteiger partial charge in [-0.3, -0.25) is 9.78 Å². The molecule has 20 heavy (non-hydrogen) atoms. The van der Waals surface area contributed by atoms with E-state index in [1.807, 2.05) is 26.0 Å². The van der Waals surface area contributed by atoms with Gasteiger partial charge in [0.15, 0.2) is 0 Å². The highest BCUT2D eigenvalue weighted by Crippen LogP contribution is 2.20. The summed E-state index contributed by atoms with van der Waals surface area (Å²) >= 11 is 0. The zero-order chi connectivity index (χ0) is 14.5. The molecule has 1 amide bonds. The summed E-state index contributed by atoms with van der Waals surface area (Å²) in [6, 6.07) is 3.64. The topological polar surface area (TPSA) is 80.5 Å². The summed E-state index contributed by atoms with van der Waals surface area (Å²) in [5.41, 5.74) is 7.41. The number of rotatable bonds is 4. The largest absolute Gasteiger partial charge is 0.377 e. The van der Waals surface area contributed by atoms with Crippen LogP contribution in [0.2, 0.25) is 0 Å². The molecule has 2 heterocycles. The van der Waals surface area contributed by atoms with Gasteiger partial charge in [0.1, 0.15) is 6.04 Å². The van der Waals surface area contributed by atoms with Gasteiger partial charge in [-0.25, -0.2) is 0 Å². The van der Waals surface area contributed by atoms with Crippen molar-refractivity contribution in [3.8, 4) is 0 Å². The van der Waals surface area contributed by atoms with Crippen molar-refractivity contribution in [3.63, 3.8) is 0 Å². The third-order valence-corrected chi connectivity index (χ3v) is 3.20. The number of hydrogen-bond acceptors (Lipinski definition) is 5. The Labute approximate surface area is 119 Å². The first-order chi connectivity index (χ1) is 9.61. The number of aromatic nitrogens is 1. The number of carbonyl (C=O) groups is 1. The number of hydrogen-bond donors (Lipinski definition) is 2. The van der Waals surface area contributed by atoms with Gasteiger partial charge in [-0.05, 0) is 26.0 Å². The monoisotopic (exact) mass is 278 g/mol. The number of anilines is 1. The van der Waals surface area contributed by atoms with Crippen molar-refractivity contribution in [2.24, 2.45) is 5.73 Å². The summed E-state index contributed by atoms with van der Waals surface area (Å²) in [5.74, 6) is -0.00851. The Morgan fingerprint density at radius 3 is 3.15 bits per heavy atom. The van der Waals surface area contributed by atoms with Crippen LogP contribution in [0.25, 0.3) is 0 Å². The summed E-state index contributed by atoms with van der Waals surface area (Å²) in [5, 5.41) is 2.94. The average molecular weight is 278 g/mol. The first-order valence-electron chi connectivity index (χ1n) is 6.91. The minimum atomic E-state index is -0.306. The summed E-state index contributed by atoms with van der Waals surface area (Å²) < 4.78 is 5.45. The van der Waals surface area contributed by atoms with E-state index in [2.05, 4.69) is 15.2 Å². The normalized spacial score (nSPS) is 19.2. The van der Waals surface area contributed by atoms with Gasteiger partial charge >= 0.3 is 0 Å². The molecule has 1 aliphatic rings. The maximum absolute atomic E-state index is 12.3. The molecule has 1 atom stereocenters. The zero-order valence-corrected chi connectivity index (χ0v) is 12.0. The molecule has 6 heteroatoms. The lowest BCUT2D eigenvalue weighted by Gasteiger charge is -2.36. The molecule has 110 valence electrons. The molecule has 0 bridgehead atoms. The Hall–Kier alpha value is -1.66. The van der Waals surface area contributed by atoms with E-state index in [0.29, 0.717) is 26.3 Å². The fraction of sp³-hybridized carbons (Fsp3) is 0.571. The summed E-state index contributed by atoms with van der Waals surface area (Å²) in [6.07, 6.45) is 1.73. The van der Waals surface area contributed by atoms with E-state index in [9.17, 15) is 4.79 Å². The van der Waals surface area contributed by atoms with Crippen LogP contribution in [0.15, 0.2) is 18.3 Å². The van der Waals surface area contributed by atoms with Crippen LogP contribution >= 0.6 is 0 Å². The van der Waals surface area contributed by atoms with Crippen LogP contribution in [0.3, 0.4) is 0 Å². The minimum absolute atomic E-state index is 0.00851. The standard InChI is InChI=1S/C14H22N4O2/c1-10(2)17-14(19)13-9-20-6-5-18(13)12-3-4-16-11(7-12)8-15/h3-4,7,10,13H,5-6,8-9,15H2,1-2H3,(H,17,19). The molecule has 1 aromatic heterocycles. The molecular formula is C14H22N4O2. The molecule has 0 radical (unpaired) electrons. The lowest BCUT2D eigenvalue weighted by molar-refractivity contribution is -0.125. The number of pyridine rings is 1. The smallest absolute Gasteiger partial charge is 0.245 e. The average Bonchev–Trinajstić information content (AvgIpc) is 2.46. The number of ether oxygens (including phenoxy) is 1.